The molecule has 1 N–H and O–H groups in total. The van der Waals surface area contributed by atoms with E-state index in [1.54, 1.807) is 17.9 Å². The number of carbonyl (C=O) groups excluding carboxylic acids is 2. The van der Waals surface area contributed by atoms with Gasteiger partial charge in [0.25, 0.3) is 0 Å². The molecule has 1 unspecified atom stereocenters. The van der Waals surface area contributed by atoms with E-state index in [-0.39, 0.29) is 28.8 Å². The minimum atomic E-state index is -3.79. The third-order valence-electron chi connectivity index (χ3n) is 4.68. The molecular formula is C19H33N3O5S. The lowest BCUT2D eigenvalue weighted by Gasteiger charge is -2.27. The molecule has 160 valence electrons. The van der Waals surface area contributed by atoms with E-state index in [4.69, 9.17) is 4.52 Å². The summed E-state index contributed by atoms with van der Waals surface area (Å²) in [6.07, 6.45) is 0. The quantitative estimate of drug-likeness (QED) is 0.699. The smallest absolute Gasteiger partial charge is 0.246 e. The van der Waals surface area contributed by atoms with Crippen molar-refractivity contribution in [2.45, 2.75) is 65.6 Å². The maximum absolute atomic E-state index is 12.9. The Bertz CT molecular complexity index is 806. The summed E-state index contributed by atoms with van der Waals surface area (Å²) >= 11 is 0. The van der Waals surface area contributed by atoms with E-state index in [1.165, 1.54) is 20.8 Å². The predicted octanol–water partition coefficient (Wildman–Crippen LogP) is 2.61. The van der Waals surface area contributed by atoms with Gasteiger partial charge in [-0.25, -0.2) is 8.42 Å². The fourth-order valence-corrected chi connectivity index (χ4v) is 4.19. The van der Waals surface area contributed by atoms with Gasteiger partial charge in [-0.05, 0) is 26.7 Å². The number of aromatic nitrogens is 1. The summed E-state index contributed by atoms with van der Waals surface area (Å²) in [4.78, 5) is 25.8. The van der Waals surface area contributed by atoms with E-state index in [9.17, 15) is 18.0 Å². The molecule has 2 amide bonds. The average Bonchev–Trinajstić information content (AvgIpc) is 3.00. The molecule has 28 heavy (non-hydrogen) atoms. The van der Waals surface area contributed by atoms with Gasteiger partial charge in [-0.3, -0.25) is 9.59 Å². The van der Waals surface area contributed by atoms with Gasteiger partial charge in [-0.2, -0.15) is 0 Å². The summed E-state index contributed by atoms with van der Waals surface area (Å²) in [5, 5.41) is 6.34. The van der Waals surface area contributed by atoms with Crippen LogP contribution in [0.4, 0.5) is 5.82 Å². The van der Waals surface area contributed by atoms with Crippen molar-refractivity contribution in [3.8, 4) is 0 Å². The van der Waals surface area contributed by atoms with Gasteiger partial charge in [0.15, 0.2) is 15.7 Å². The van der Waals surface area contributed by atoms with Gasteiger partial charge in [-0.1, -0.05) is 32.9 Å². The van der Waals surface area contributed by atoms with Crippen LogP contribution in [0.25, 0.3) is 0 Å². The summed E-state index contributed by atoms with van der Waals surface area (Å²) in [5.74, 6) is -0.526. The van der Waals surface area contributed by atoms with Gasteiger partial charge >= 0.3 is 0 Å². The molecule has 0 aliphatic heterocycles. The monoisotopic (exact) mass is 415 g/mol. The van der Waals surface area contributed by atoms with Crippen molar-refractivity contribution < 1.29 is 22.5 Å². The highest BCUT2D eigenvalue weighted by atomic mass is 32.2. The summed E-state index contributed by atoms with van der Waals surface area (Å²) in [5.41, 5.74) is -0.283. The summed E-state index contributed by atoms with van der Waals surface area (Å²) < 4.78 is 29.3. The van der Waals surface area contributed by atoms with E-state index in [0.29, 0.717) is 18.8 Å². The number of anilines is 1. The molecule has 1 aromatic heterocycles. The molecule has 0 saturated carbocycles. The second-order valence-electron chi connectivity index (χ2n) is 8.74. The summed E-state index contributed by atoms with van der Waals surface area (Å²) in [7, 11) is -3.79. The third-order valence-corrected chi connectivity index (χ3v) is 7.43. The molecule has 8 nitrogen and oxygen atoms in total. The molecule has 0 aromatic carbocycles. The lowest BCUT2D eigenvalue weighted by Crippen LogP contribution is -2.47. The number of hydrogen-bond donors (Lipinski definition) is 1. The molecule has 0 bridgehead atoms. The van der Waals surface area contributed by atoms with Crippen LogP contribution in [0.5, 0.6) is 0 Å². The molecule has 1 heterocycles. The normalized spacial score (nSPS) is 13.9. The van der Waals surface area contributed by atoms with Gasteiger partial charge in [-0.15, -0.1) is 0 Å². The molecule has 0 aliphatic rings. The van der Waals surface area contributed by atoms with E-state index >= 15 is 0 Å². The Labute approximate surface area is 167 Å². The minimum absolute atomic E-state index is 0.107. The van der Waals surface area contributed by atoms with Crippen LogP contribution in [0.2, 0.25) is 0 Å². The maximum atomic E-state index is 12.9. The fraction of sp³-hybridized carbons (Fsp3) is 0.737. The molecule has 1 rings (SSSR count). The van der Waals surface area contributed by atoms with Gasteiger partial charge < -0.3 is 14.7 Å². The van der Waals surface area contributed by atoms with Crippen molar-refractivity contribution in [1.29, 1.82) is 0 Å². The van der Waals surface area contributed by atoms with Crippen molar-refractivity contribution in [3.05, 3.63) is 11.8 Å². The Morgan fingerprint density at radius 1 is 1.25 bits per heavy atom. The number of sulfone groups is 1. The minimum Gasteiger partial charge on any atom is -0.359 e. The number of amides is 2. The topological polar surface area (TPSA) is 110 Å². The second-order valence-corrected chi connectivity index (χ2v) is 11.3. The predicted molar refractivity (Wildman–Crippen MR) is 109 cm³/mol. The van der Waals surface area contributed by atoms with Crippen molar-refractivity contribution >= 4 is 27.5 Å². The highest BCUT2D eigenvalue weighted by Crippen LogP contribution is 2.26. The zero-order valence-corrected chi connectivity index (χ0v) is 18.9. The highest BCUT2D eigenvalue weighted by Gasteiger charge is 2.42. The van der Waals surface area contributed by atoms with Crippen LogP contribution in [-0.2, 0) is 24.8 Å². The van der Waals surface area contributed by atoms with Crippen LogP contribution >= 0.6 is 0 Å². The summed E-state index contributed by atoms with van der Waals surface area (Å²) in [6.45, 7) is 14.4. The SMILES string of the molecule is CCN(CC(C)CS(=O)(=O)C(C)(C)C(=O)Nc1cc(C(C)(C)C)on1)C(C)=O. The van der Waals surface area contributed by atoms with Crippen LogP contribution in [0.1, 0.15) is 61.2 Å². The number of nitrogens with zero attached hydrogens (tertiary/aromatic N) is 2. The average molecular weight is 416 g/mol. The zero-order chi connectivity index (χ0) is 21.9. The van der Waals surface area contributed by atoms with E-state index in [2.05, 4.69) is 10.5 Å². The second kappa shape index (κ2) is 8.63. The van der Waals surface area contributed by atoms with Crippen molar-refractivity contribution in [2.24, 2.45) is 5.92 Å². The lowest BCUT2D eigenvalue weighted by atomic mass is 9.93. The molecule has 0 spiro atoms. The Morgan fingerprint density at radius 3 is 2.25 bits per heavy atom. The molecular weight excluding hydrogens is 382 g/mol. The van der Waals surface area contributed by atoms with Gasteiger partial charge in [0.2, 0.25) is 11.8 Å². The largest absolute Gasteiger partial charge is 0.359 e. The molecule has 1 atom stereocenters. The Balaban J connectivity index is 2.89. The number of carbonyl (C=O) groups is 2. The zero-order valence-electron chi connectivity index (χ0n) is 18.1. The lowest BCUT2D eigenvalue weighted by molar-refractivity contribution is -0.129. The Kier molecular flexibility index (Phi) is 7.44. The first-order valence-corrected chi connectivity index (χ1v) is 11.0. The van der Waals surface area contributed by atoms with Crippen LogP contribution in [0, 0.1) is 5.92 Å². The van der Waals surface area contributed by atoms with Gasteiger partial charge in [0.1, 0.15) is 10.5 Å². The molecule has 0 aliphatic carbocycles. The first-order chi connectivity index (χ1) is 12.6. The van der Waals surface area contributed by atoms with Crippen molar-refractivity contribution in [1.82, 2.24) is 10.1 Å². The van der Waals surface area contributed by atoms with Crippen molar-refractivity contribution in [3.63, 3.8) is 0 Å². The maximum Gasteiger partial charge on any atom is 0.246 e. The molecule has 0 saturated heterocycles. The molecule has 1 aromatic rings. The fourth-order valence-electron chi connectivity index (χ4n) is 2.59. The number of rotatable bonds is 8. The van der Waals surface area contributed by atoms with Crippen LogP contribution in [-0.4, -0.2) is 53.9 Å². The van der Waals surface area contributed by atoms with Crippen LogP contribution in [0.15, 0.2) is 10.6 Å². The van der Waals surface area contributed by atoms with Gasteiger partial charge in [0, 0.05) is 31.5 Å². The number of nitrogens with one attached hydrogen (secondary N) is 1. The molecule has 9 heteroatoms. The molecule has 0 fully saturated rings. The van der Waals surface area contributed by atoms with E-state index < -0.39 is 20.5 Å². The van der Waals surface area contributed by atoms with Crippen LogP contribution in [0.3, 0.4) is 0 Å². The summed E-state index contributed by atoms with van der Waals surface area (Å²) in [6, 6.07) is 1.59. The Morgan fingerprint density at radius 2 is 1.82 bits per heavy atom. The van der Waals surface area contributed by atoms with E-state index in [0.717, 1.165) is 0 Å². The first-order valence-electron chi connectivity index (χ1n) is 9.38. The molecule has 0 radical (unpaired) electrons. The third kappa shape index (κ3) is 5.80. The van der Waals surface area contributed by atoms with Crippen LogP contribution < -0.4 is 5.32 Å². The highest BCUT2D eigenvalue weighted by molar-refractivity contribution is 7.93. The van der Waals surface area contributed by atoms with Crippen molar-refractivity contribution in [2.75, 3.05) is 24.2 Å². The standard InChI is InChI=1S/C19H33N3O5S/c1-9-22(14(3)23)11-13(2)12-28(25,26)19(7,8)17(24)20-16-10-15(27-21-16)18(4,5)6/h10,13H,9,11-12H2,1-8H3,(H,20,21,24). The number of hydrogen-bond acceptors (Lipinski definition) is 6. The van der Waals surface area contributed by atoms with E-state index in [1.807, 2.05) is 27.7 Å². The Hall–Kier alpha value is -1.90. The van der Waals surface area contributed by atoms with Gasteiger partial charge in [0.05, 0.1) is 5.75 Å². The first kappa shape index (κ1) is 24.1.